The van der Waals surface area contributed by atoms with E-state index in [0.29, 0.717) is 12.1 Å². The molecule has 94 valence electrons. The molecule has 0 fully saturated rings. The van der Waals surface area contributed by atoms with Crippen LogP contribution >= 0.6 is 0 Å². The van der Waals surface area contributed by atoms with Crippen LogP contribution in [0.15, 0.2) is 42.6 Å². The molecule has 0 aliphatic heterocycles. The van der Waals surface area contributed by atoms with Gasteiger partial charge in [0.15, 0.2) is 0 Å². The van der Waals surface area contributed by atoms with Crippen LogP contribution in [0.2, 0.25) is 0 Å². The Morgan fingerprint density at radius 1 is 1.21 bits per heavy atom. The number of aryl methyl sites for hydroxylation is 2. The SMILES string of the molecule is N#Cc1ncccc1CCc1ccc([N+](=O)[O-])cc1. The van der Waals surface area contributed by atoms with E-state index in [1.54, 1.807) is 24.4 Å². The summed E-state index contributed by atoms with van der Waals surface area (Å²) in [5.41, 5.74) is 2.41. The van der Waals surface area contributed by atoms with Gasteiger partial charge in [0.1, 0.15) is 11.8 Å². The summed E-state index contributed by atoms with van der Waals surface area (Å²) in [6, 6.07) is 12.2. The van der Waals surface area contributed by atoms with Gasteiger partial charge in [-0.05, 0) is 30.0 Å². The first kappa shape index (κ1) is 12.7. The van der Waals surface area contributed by atoms with Crippen molar-refractivity contribution in [1.82, 2.24) is 4.98 Å². The third kappa shape index (κ3) is 3.13. The highest BCUT2D eigenvalue weighted by atomic mass is 16.6. The molecule has 0 spiro atoms. The smallest absolute Gasteiger partial charge is 0.258 e. The summed E-state index contributed by atoms with van der Waals surface area (Å²) >= 11 is 0. The lowest BCUT2D eigenvalue weighted by atomic mass is 10.0. The molecule has 0 saturated carbocycles. The number of nitro groups is 1. The van der Waals surface area contributed by atoms with Crippen LogP contribution in [0.5, 0.6) is 0 Å². The quantitative estimate of drug-likeness (QED) is 0.619. The first-order valence-corrected chi connectivity index (χ1v) is 5.78. The molecular weight excluding hydrogens is 242 g/mol. The molecule has 0 aliphatic rings. The molecule has 0 aliphatic carbocycles. The zero-order valence-corrected chi connectivity index (χ0v) is 10.1. The summed E-state index contributed by atoms with van der Waals surface area (Å²) < 4.78 is 0. The van der Waals surface area contributed by atoms with E-state index in [-0.39, 0.29) is 5.69 Å². The number of aromatic nitrogens is 1. The third-order valence-electron chi connectivity index (χ3n) is 2.83. The lowest BCUT2D eigenvalue weighted by molar-refractivity contribution is -0.384. The van der Waals surface area contributed by atoms with E-state index in [4.69, 9.17) is 5.26 Å². The van der Waals surface area contributed by atoms with E-state index >= 15 is 0 Å². The minimum atomic E-state index is -0.418. The van der Waals surface area contributed by atoms with Crippen LogP contribution in [-0.4, -0.2) is 9.91 Å². The fraction of sp³-hybridized carbons (Fsp3) is 0.143. The van der Waals surface area contributed by atoms with Gasteiger partial charge in [-0.2, -0.15) is 5.26 Å². The summed E-state index contributed by atoms with van der Waals surface area (Å²) in [5.74, 6) is 0. The predicted octanol–water partition coefficient (Wildman–Crippen LogP) is 2.65. The molecule has 2 rings (SSSR count). The van der Waals surface area contributed by atoms with Crippen LogP contribution in [0.4, 0.5) is 5.69 Å². The van der Waals surface area contributed by atoms with Gasteiger partial charge in [-0.25, -0.2) is 4.98 Å². The highest BCUT2D eigenvalue weighted by Crippen LogP contribution is 2.14. The number of hydrogen-bond acceptors (Lipinski definition) is 4. The maximum Gasteiger partial charge on any atom is 0.269 e. The number of nitriles is 1. The summed E-state index contributed by atoms with van der Waals surface area (Å²) in [7, 11) is 0. The largest absolute Gasteiger partial charge is 0.269 e. The highest BCUT2D eigenvalue weighted by Gasteiger charge is 2.06. The Balaban J connectivity index is 2.06. The van der Waals surface area contributed by atoms with Gasteiger partial charge in [-0.3, -0.25) is 10.1 Å². The second-order valence-corrected chi connectivity index (χ2v) is 4.05. The van der Waals surface area contributed by atoms with Gasteiger partial charge in [0.05, 0.1) is 4.92 Å². The Bertz CT molecular complexity index is 630. The van der Waals surface area contributed by atoms with Gasteiger partial charge in [0, 0.05) is 18.3 Å². The van der Waals surface area contributed by atoms with E-state index in [0.717, 1.165) is 17.5 Å². The maximum atomic E-state index is 10.5. The van der Waals surface area contributed by atoms with Crippen LogP contribution in [-0.2, 0) is 12.8 Å². The number of non-ortho nitro benzene ring substituents is 1. The molecule has 0 amide bonds. The van der Waals surface area contributed by atoms with Crippen molar-refractivity contribution in [3.05, 3.63) is 69.5 Å². The summed E-state index contributed by atoms with van der Waals surface area (Å²) in [5, 5.41) is 19.5. The third-order valence-corrected chi connectivity index (χ3v) is 2.83. The Kier molecular flexibility index (Phi) is 3.84. The number of nitrogens with zero attached hydrogens (tertiary/aromatic N) is 3. The normalized spacial score (nSPS) is 9.84. The van der Waals surface area contributed by atoms with Gasteiger partial charge < -0.3 is 0 Å². The van der Waals surface area contributed by atoms with Crippen molar-refractivity contribution in [2.24, 2.45) is 0 Å². The molecule has 0 atom stereocenters. The van der Waals surface area contributed by atoms with E-state index in [1.165, 1.54) is 12.1 Å². The first-order valence-electron chi connectivity index (χ1n) is 5.78. The zero-order valence-electron chi connectivity index (χ0n) is 10.1. The molecule has 0 N–H and O–H groups in total. The van der Waals surface area contributed by atoms with Crippen LogP contribution in [0.25, 0.3) is 0 Å². The number of nitro benzene ring substituents is 1. The van der Waals surface area contributed by atoms with Crippen LogP contribution in [0.3, 0.4) is 0 Å². The summed E-state index contributed by atoms with van der Waals surface area (Å²) in [4.78, 5) is 14.1. The first-order chi connectivity index (χ1) is 9.20. The highest BCUT2D eigenvalue weighted by molar-refractivity contribution is 5.35. The zero-order chi connectivity index (χ0) is 13.7. The molecule has 5 nitrogen and oxygen atoms in total. The summed E-state index contributed by atoms with van der Waals surface area (Å²) in [6.07, 6.45) is 3.00. The van der Waals surface area contributed by atoms with Crippen molar-refractivity contribution in [1.29, 1.82) is 5.26 Å². The Morgan fingerprint density at radius 3 is 2.58 bits per heavy atom. The van der Waals surface area contributed by atoms with Gasteiger partial charge in [-0.1, -0.05) is 18.2 Å². The van der Waals surface area contributed by atoms with Gasteiger partial charge >= 0.3 is 0 Å². The van der Waals surface area contributed by atoms with Crippen molar-refractivity contribution < 1.29 is 4.92 Å². The van der Waals surface area contributed by atoms with E-state index < -0.39 is 4.92 Å². The average Bonchev–Trinajstić information content (AvgIpc) is 2.45. The molecule has 0 saturated heterocycles. The Hall–Kier alpha value is -2.74. The van der Waals surface area contributed by atoms with Gasteiger partial charge in [0.25, 0.3) is 5.69 Å². The average molecular weight is 253 g/mol. The molecule has 1 aromatic heterocycles. The molecule has 0 bridgehead atoms. The molecule has 19 heavy (non-hydrogen) atoms. The van der Waals surface area contributed by atoms with Gasteiger partial charge in [-0.15, -0.1) is 0 Å². The molecule has 0 radical (unpaired) electrons. The van der Waals surface area contributed by atoms with Crippen LogP contribution in [0.1, 0.15) is 16.8 Å². The Labute approximate surface area is 110 Å². The topological polar surface area (TPSA) is 79.8 Å². The number of hydrogen-bond donors (Lipinski definition) is 0. The fourth-order valence-corrected chi connectivity index (χ4v) is 1.80. The minimum absolute atomic E-state index is 0.0860. The van der Waals surface area contributed by atoms with Crippen LogP contribution < -0.4 is 0 Å². The second kappa shape index (κ2) is 5.74. The van der Waals surface area contributed by atoms with Gasteiger partial charge in [0.2, 0.25) is 0 Å². The number of benzene rings is 1. The minimum Gasteiger partial charge on any atom is -0.258 e. The number of rotatable bonds is 4. The van der Waals surface area contributed by atoms with E-state index in [2.05, 4.69) is 11.1 Å². The fourth-order valence-electron chi connectivity index (χ4n) is 1.80. The Morgan fingerprint density at radius 2 is 1.95 bits per heavy atom. The molecular formula is C14H11N3O2. The maximum absolute atomic E-state index is 10.5. The van der Waals surface area contributed by atoms with E-state index in [1.807, 2.05) is 6.07 Å². The molecule has 0 unspecified atom stereocenters. The standard InChI is InChI=1S/C14H11N3O2/c15-10-14-12(2-1-9-16-14)6-3-11-4-7-13(8-5-11)17(18)19/h1-2,4-5,7-9H,3,6H2. The lowest BCUT2D eigenvalue weighted by Gasteiger charge is -2.03. The lowest BCUT2D eigenvalue weighted by Crippen LogP contribution is -1.97. The van der Waals surface area contributed by atoms with Crippen molar-refractivity contribution >= 4 is 5.69 Å². The molecule has 5 heteroatoms. The van der Waals surface area contributed by atoms with E-state index in [9.17, 15) is 10.1 Å². The van der Waals surface area contributed by atoms with Crippen LogP contribution in [0, 0.1) is 21.4 Å². The predicted molar refractivity (Wildman–Crippen MR) is 69.5 cm³/mol. The second-order valence-electron chi connectivity index (χ2n) is 4.05. The summed E-state index contributed by atoms with van der Waals surface area (Å²) in [6.45, 7) is 0. The molecule has 1 heterocycles. The number of pyridine rings is 1. The van der Waals surface area contributed by atoms with Crippen molar-refractivity contribution in [2.45, 2.75) is 12.8 Å². The molecule has 2 aromatic rings. The van der Waals surface area contributed by atoms with Crippen molar-refractivity contribution in [2.75, 3.05) is 0 Å². The van der Waals surface area contributed by atoms with Crippen molar-refractivity contribution in [3.63, 3.8) is 0 Å². The van der Waals surface area contributed by atoms with Crippen molar-refractivity contribution in [3.8, 4) is 6.07 Å². The monoisotopic (exact) mass is 253 g/mol. The molecule has 1 aromatic carbocycles.